The molecule has 30 heavy (non-hydrogen) atoms. The molecule has 0 unspecified atom stereocenters. The van der Waals surface area contributed by atoms with Gasteiger partial charge in [-0.05, 0) is 35.7 Å². The quantitative estimate of drug-likeness (QED) is 0.560. The maximum Gasteiger partial charge on any atom is 0.321 e. The third kappa shape index (κ3) is 4.53. The molecule has 2 aromatic carbocycles. The zero-order valence-corrected chi connectivity index (χ0v) is 16.9. The van der Waals surface area contributed by atoms with Gasteiger partial charge in [-0.3, -0.25) is 4.90 Å². The van der Waals surface area contributed by atoms with Gasteiger partial charge in [0.25, 0.3) is 0 Å². The molecule has 2 heterocycles. The van der Waals surface area contributed by atoms with E-state index < -0.39 is 0 Å². The first-order chi connectivity index (χ1) is 14.6. The predicted octanol–water partition coefficient (Wildman–Crippen LogP) is 3.28. The average molecular weight is 407 g/mol. The van der Waals surface area contributed by atoms with Crippen LogP contribution in [0.3, 0.4) is 0 Å². The summed E-state index contributed by atoms with van der Waals surface area (Å²) in [6, 6.07) is 13.8. The summed E-state index contributed by atoms with van der Waals surface area (Å²) in [5.41, 5.74) is 5.05. The molecule has 0 radical (unpaired) electrons. The SMILES string of the molecule is Cc1ccc(COCCO)cc1Cc1ncc(-c2cccc(N3CCNC3=O)c2)o1. The van der Waals surface area contributed by atoms with Crippen LogP contribution in [-0.2, 0) is 17.8 Å². The molecule has 2 amide bonds. The number of aliphatic hydroxyl groups is 1. The Hall–Kier alpha value is -3.16. The number of nitrogens with one attached hydrogen (secondary N) is 1. The molecule has 0 bridgehead atoms. The predicted molar refractivity (Wildman–Crippen MR) is 113 cm³/mol. The second-order valence-corrected chi connectivity index (χ2v) is 7.27. The van der Waals surface area contributed by atoms with Gasteiger partial charge in [-0.1, -0.05) is 30.3 Å². The minimum atomic E-state index is -0.0799. The van der Waals surface area contributed by atoms with E-state index in [0.29, 0.717) is 44.4 Å². The van der Waals surface area contributed by atoms with Gasteiger partial charge in [0, 0.05) is 30.8 Å². The van der Waals surface area contributed by atoms with Crippen LogP contribution in [0.5, 0.6) is 0 Å². The molecule has 0 saturated carbocycles. The number of oxazole rings is 1. The first-order valence-corrected chi connectivity index (χ1v) is 10.0. The number of hydrogen-bond acceptors (Lipinski definition) is 5. The summed E-state index contributed by atoms with van der Waals surface area (Å²) in [6.45, 7) is 4.16. The Morgan fingerprint density at radius 2 is 2.17 bits per heavy atom. The average Bonchev–Trinajstić information content (AvgIpc) is 3.40. The third-order valence-corrected chi connectivity index (χ3v) is 5.11. The first kappa shape index (κ1) is 20.1. The lowest BCUT2D eigenvalue weighted by molar-refractivity contribution is 0.0815. The Kier molecular flexibility index (Phi) is 6.11. The van der Waals surface area contributed by atoms with Gasteiger partial charge in [0.1, 0.15) is 0 Å². The van der Waals surface area contributed by atoms with Crippen LogP contribution >= 0.6 is 0 Å². The topological polar surface area (TPSA) is 87.8 Å². The summed E-state index contributed by atoms with van der Waals surface area (Å²) in [6.07, 6.45) is 2.30. The molecule has 0 aliphatic carbocycles. The highest BCUT2D eigenvalue weighted by molar-refractivity contribution is 5.94. The smallest absolute Gasteiger partial charge is 0.321 e. The number of urea groups is 1. The van der Waals surface area contributed by atoms with E-state index in [9.17, 15) is 4.79 Å². The van der Waals surface area contributed by atoms with Crippen LogP contribution in [0.2, 0.25) is 0 Å². The lowest BCUT2D eigenvalue weighted by Crippen LogP contribution is -2.27. The summed E-state index contributed by atoms with van der Waals surface area (Å²) in [5.74, 6) is 1.30. The molecule has 1 aliphatic rings. The summed E-state index contributed by atoms with van der Waals surface area (Å²) in [4.78, 5) is 18.1. The van der Waals surface area contributed by atoms with Crippen LogP contribution in [0.25, 0.3) is 11.3 Å². The van der Waals surface area contributed by atoms with Crippen LogP contribution in [0.15, 0.2) is 53.1 Å². The van der Waals surface area contributed by atoms with E-state index in [2.05, 4.69) is 29.4 Å². The highest BCUT2D eigenvalue weighted by Gasteiger charge is 2.21. The summed E-state index contributed by atoms with van der Waals surface area (Å²) in [7, 11) is 0. The standard InChI is InChI=1S/C23H25N3O4/c1-16-5-6-17(15-29-10-9-27)11-19(16)13-22-25-14-21(30-22)18-3-2-4-20(12-18)26-8-7-24-23(26)28/h2-6,11-12,14,27H,7-10,13,15H2,1H3,(H,24,28). The Morgan fingerprint density at radius 3 is 2.97 bits per heavy atom. The number of aryl methyl sites for hydroxylation is 1. The molecule has 1 fully saturated rings. The van der Waals surface area contributed by atoms with Crippen LogP contribution in [0.1, 0.15) is 22.6 Å². The van der Waals surface area contributed by atoms with Gasteiger partial charge in [0.05, 0.1) is 26.0 Å². The fourth-order valence-electron chi connectivity index (χ4n) is 3.49. The largest absolute Gasteiger partial charge is 0.440 e. The van der Waals surface area contributed by atoms with Crippen molar-refractivity contribution in [2.45, 2.75) is 20.0 Å². The molecular formula is C23H25N3O4. The highest BCUT2D eigenvalue weighted by atomic mass is 16.5. The Morgan fingerprint density at radius 1 is 1.27 bits per heavy atom. The lowest BCUT2D eigenvalue weighted by atomic mass is 10.0. The first-order valence-electron chi connectivity index (χ1n) is 10.0. The Labute approximate surface area is 175 Å². The zero-order valence-electron chi connectivity index (χ0n) is 16.9. The maximum absolute atomic E-state index is 11.9. The van der Waals surface area contributed by atoms with Crippen LogP contribution in [0.4, 0.5) is 10.5 Å². The molecule has 1 aromatic heterocycles. The summed E-state index contributed by atoms with van der Waals surface area (Å²) >= 11 is 0. The molecule has 4 rings (SSSR count). The van der Waals surface area contributed by atoms with Crippen molar-refractivity contribution >= 4 is 11.7 Å². The molecule has 3 aromatic rings. The van der Waals surface area contributed by atoms with Crippen molar-refractivity contribution in [1.82, 2.24) is 10.3 Å². The van der Waals surface area contributed by atoms with E-state index in [1.807, 2.05) is 30.3 Å². The lowest BCUT2D eigenvalue weighted by Gasteiger charge is -2.14. The number of ether oxygens (including phenoxy) is 1. The van der Waals surface area contributed by atoms with Gasteiger partial charge >= 0.3 is 6.03 Å². The van der Waals surface area contributed by atoms with Crippen molar-refractivity contribution in [2.24, 2.45) is 0 Å². The Balaban J connectivity index is 1.50. The molecule has 1 saturated heterocycles. The van der Waals surface area contributed by atoms with Crippen molar-refractivity contribution in [3.8, 4) is 11.3 Å². The third-order valence-electron chi connectivity index (χ3n) is 5.11. The number of anilines is 1. The number of carbonyl (C=O) groups is 1. The minimum absolute atomic E-state index is 0.0153. The van der Waals surface area contributed by atoms with E-state index in [4.69, 9.17) is 14.3 Å². The van der Waals surface area contributed by atoms with E-state index in [0.717, 1.165) is 27.9 Å². The van der Waals surface area contributed by atoms with Crippen molar-refractivity contribution < 1.29 is 19.1 Å². The number of aromatic nitrogens is 1. The van der Waals surface area contributed by atoms with Gasteiger partial charge in [-0.25, -0.2) is 9.78 Å². The van der Waals surface area contributed by atoms with Gasteiger partial charge in [-0.15, -0.1) is 0 Å². The van der Waals surface area contributed by atoms with Gasteiger partial charge in [0.2, 0.25) is 0 Å². The normalized spacial score (nSPS) is 13.7. The monoisotopic (exact) mass is 407 g/mol. The van der Waals surface area contributed by atoms with Crippen molar-refractivity contribution in [3.63, 3.8) is 0 Å². The van der Waals surface area contributed by atoms with E-state index in [1.54, 1.807) is 11.1 Å². The van der Waals surface area contributed by atoms with Gasteiger partial charge < -0.3 is 19.6 Å². The molecule has 156 valence electrons. The molecule has 1 aliphatic heterocycles. The second kappa shape index (κ2) is 9.11. The maximum atomic E-state index is 11.9. The number of benzene rings is 2. The molecule has 2 N–H and O–H groups in total. The minimum Gasteiger partial charge on any atom is -0.440 e. The van der Waals surface area contributed by atoms with E-state index in [1.165, 1.54) is 0 Å². The molecule has 7 nitrogen and oxygen atoms in total. The Bertz CT molecular complexity index is 1030. The van der Waals surface area contributed by atoms with Crippen molar-refractivity contribution in [3.05, 3.63) is 71.2 Å². The van der Waals surface area contributed by atoms with Crippen LogP contribution in [0, 0.1) is 6.92 Å². The fourth-order valence-corrected chi connectivity index (χ4v) is 3.49. The zero-order chi connectivity index (χ0) is 20.9. The van der Waals surface area contributed by atoms with Crippen molar-refractivity contribution in [1.29, 1.82) is 0 Å². The molecule has 0 spiro atoms. The second-order valence-electron chi connectivity index (χ2n) is 7.27. The van der Waals surface area contributed by atoms with E-state index >= 15 is 0 Å². The van der Waals surface area contributed by atoms with Crippen LogP contribution in [-0.4, -0.2) is 42.4 Å². The summed E-state index contributed by atoms with van der Waals surface area (Å²) < 4.78 is 11.4. The number of nitrogens with zero attached hydrogens (tertiary/aromatic N) is 2. The number of hydrogen-bond donors (Lipinski definition) is 2. The van der Waals surface area contributed by atoms with Gasteiger partial charge in [0.15, 0.2) is 11.7 Å². The van der Waals surface area contributed by atoms with E-state index in [-0.39, 0.29) is 12.6 Å². The number of amides is 2. The summed E-state index contributed by atoms with van der Waals surface area (Å²) in [5, 5.41) is 11.7. The molecule has 0 atom stereocenters. The molecule has 7 heteroatoms. The van der Waals surface area contributed by atoms with Crippen molar-refractivity contribution in [2.75, 3.05) is 31.2 Å². The fraction of sp³-hybridized carbons (Fsp3) is 0.304. The number of rotatable bonds is 8. The number of carbonyl (C=O) groups excluding carboxylic acids is 1. The highest BCUT2D eigenvalue weighted by Crippen LogP contribution is 2.27. The number of aliphatic hydroxyl groups excluding tert-OH is 1. The molecular weight excluding hydrogens is 382 g/mol. The van der Waals surface area contributed by atoms with Gasteiger partial charge in [-0.2, -0.15) is 0 Å². The van der Waals surface area contributed by atoms with Crippen LogP contribution < -0.4 is 10.2 Å².